The van der Waals surface area contributed by atoms with E-state index >= 15 is 0 Å². The van der Waals surface area contributed by atoms with Gasteiger partial charge in [0.05, 0.1) is 6.61 Å². The normalized spacial score (nSPS) is 9.42. The van der Waals surface area contributed by atoms with Gasteiger partial charge in [-0.25, -0.2) is 4.79 Å². The van der Waals surface area contributed by atoms with Crippen LogP contribution in [0.1, 0.15) is 27.7 Å². The molecule has 0 unspecified atom stereocenters. The first-order valence-corrected chi connectivity index (χ1v) is 4.09. The van der Waals surface area contributed by atoms with Crippen LogP contribution in [-0.4, -0.2) is 12.7 Å². The van der Waals surface area contributed by atoms with Gasteiger partial charge >= 0.3 is 6.09 Å². The summed E-state index contributed by atoms with van der Waals surface area (Å²) < 4.78 is 4.86. The van der Waals surface area contributed by atoms with Crippen LogP contribution in [0, 0.1) is 5.92 Å². The lowest BCUT2D eigenvalue weighted by Crippen LogP contribution is -2.20. The molecule has 70 valence electrons. The number of carbonyl (C=O) groups excluding carboxylic acids is 1. The highest BCUT2D eigenvalue weighted by atomic mass is 16.5. The van der Waals surface area contributed by atoms with Crippen LogP contribution in [0.25, 0.3) is 0 Å². The Morgan fingerprint density at radius 3 is 2.50 bits per heavy atom. The van der Waals surface area contributed by atoms with Crippen LogP contribution >= 0.6 is 0 Å². The standard InChI is InChI=1S/C9H17NO2/c1-7(2)5-10-9(11)12-6-8(3)4/h5,8H,6H2,1-4H3,(H,10,11). The molecule has 1 N–H and O–H groups in total. The first-order chi connectivity index (χ1) is 5.52. The Morgan fingerprint density at radius 2 is 2.08 bits per heavy atom. The summed E-state index contributed by atoms with van der Waals surface area (Å²) in [5, 5.41) is 2.51. The zero-order valence-corrected chi connectivity index (χ0v) is 8.18. The van der Waals surface area contributed by atoms with Gasteiger partial charge in [-0.2, -0.15) is 0 Å². The molecule has 0 aromatic carbocycles. The van der Waals surface area contributed by atoms with Crippen molar-refractivity contribution in [2.24, 2.45) is 5.92 Å². The third-order valence-corrected chi connectivity index (χ3v) is 1.03. The van der Waals surface area contributed by atoms with Crippen LogP contribution in [0.5, 0.6) is 0 Å². The molecule has 0 aliphatic rings. The summed E-state index contributed by atoms with van der Waals surface area (Å²) in [5.74, 6) is 0.377. The summed E-state index contributed by atoms with van der Waals surface area (Å²) in [6, 6.07) is 0. The Labute approximate surface area is 73.8 Å². The van der Waals surface area contributed by atoms with Gasteiger partial charge in [-0.05, 0) is 19.8 Å². The third-order valence-electron chi connectivity index (χ3n) is 1.03. The average molecular weight is 171 g/mol. The fourth-order valence-corrected chi connectivity index (χ4v) is 0.487. The first-order valence-electron chi connectivity index (χ1n) is 4.09. The Hall–Kier alpha value is -0.990. The Balaban J connectivity index is 3.54. The van der Waals surface area contributed by atoms with Gasteiger partial charge in [0.25, 0.3) is 0 Å². The monoisotopic (exact) mass is 171 g/mol. The second kappa shape index (κ2) is 5.63. The quantitative estimate of drug-likeness (QED) is 0.707. The lowest BCUT2D eigenvalue weighted by atomic mass is 10.2. The highest BCUT2D eigenvalue weighted by Crippen LogP contribution is 1.92. The molecule has 0 spiro atoms. The molecule has 0 aliphatic carbocycles. The summed E-state index contributed by atoms with van der Waals surface area (Å²) in [6.45, 7) is 8.26. The molecule has 0 saturated carbocycles. The predicted octanol–water partition coefficient (Wildman–Crippen LogP) is 2.29. The van der Waals surface area contributed by atoms with Crippen LogP contribution in [0.15, 0.2) is 11.8 Å². The van der Waals surface area contributed by atoms with E-state index in [-0.39, 0.29) is 6.09 Å². The molecule has 0 rings (SSSR count). The maximum absolute atomic E-state index is 10.9. The smallest absolute Gasteiger partial charge is 0.411 e. The maximum atomic E-state index is 10.9. The lowest BCUT2D eigenvalue weighted by Gasteiger charge is -2.06. The van der Waals surface area contributed by atoms with E-state index in [0.29, 0.717) is 12.5 Å². The van der Waals surface area contributed by atoms with E-state index in [0.717, 1.165) is 5.57 Å². The molecule has 0 aromatic rings. The minimum Gasteiger partial charge on any atom is -0.449 e. The Kier molecular flexibility index (Phi) is 5.17. The van der Waals surface area contributed by atoms with Gasteiger partial charge in [-0.3, -0.25) is 5.32 Å². The molecule has 0 bridgehead atoms. The SMILES string of the molecule is CC(C)=CNC(=O)OCC(C)C. The number of ether oxygens (including phenoxy) is 1. The second-order valence-electron chi connectivity index (χ2n) is 3.36. The molecule has 0 aromatic heterocycles. The Bertz CT molecular complexity index is 169. The molecular weight excluding hydrogens is 154 g/mol. The molecule has 3 nitrogen and oxygen atoms in total. The van der Waals surface area contributed by atoms with Gasteiger partial charge in [-0.1, -0.05) is 19.4 Å². The van der Waals surface area contributed by atoms with Crippen LogP contribution in [0.3, 0.4) is 0 Å². The summed E-state index contributed by atoms with van der Waals surface area (Å²) in [6.07, 6.45) is 1.24. The predicted molar refractivity (Wildman–Crippen MR) is 48.8 cm³/mol. The minimum atomic E-state index is -0.384. The van der Waals surface area contributed by atoms with Crippen molar-refractivity contribution >= 4 is 6.09 Å². The van der Waals surface area contributed by atoms with Gasteiger partial charge in [0.2, 0.25) is 0 Å². The van der Waals surface area contributed by atoms with E-state index in [1.54, 1.807) is 6.20 Å². The van der Waals surface area contributed by atoms with E-state index in [1.807, 2.05) is 27.7 Å². The van der Waals surface area contributed by atoms with Gasteiger partial charge < -0.3 is 4.74 Å². The van der Waals surface area contributed by atoms with Crippen LogP contribution in [0.2, 0.25) is 0 Å². The van der Waals surface area contributed by atoms with E-state index in [9.17, 15) is 4.79 Å². The number of alkyl carbamates (subject to hydrolysis) is 1. The van der Waals surface area contributed by atoms with Crippen LogP contribution < -0.4 is 5.32 Å². The molecule has 0 atom stereocenters. The summed E-state index contributed by atoms with van der Waals surface area (Å²) in [5.41, 5.74) is 1.04. The molecule has 0 radical (unpaired) electrons. The number of allylic oxidation sites excluding steroid dienone is 1. The molecule has 0 heterocycles. The van der Waals surface area contributed by atoms with Gasteiger partial charge in [0.15, 0.2) is 0 Å². The van der Waals surface area contributed by atoms with Crippen LogP contribution in [-0.2, 0) is 4.74 Å². The van der Waals surface area contributed by atoms with Crippen molar-refractivity contribution in [3.05, 3.63) is 11.8 Å². The number of rotatable bonds is 3. The van der Waals surface area contributed by atoms with E-state index < -0.39 is 0 Å². The van der Waals surface area contributed by atoms with Crippen molar-refractivity contribution in [3.63, 3.8) is 0 Å². The van der Waals surface area contributed by atoms with Crippen molar-refractivity contribution in [3.8, 4) is 0 Å². The number of carbonyl (C=O) groups is 1. The molecule has 1 amide bonds. The summed E-state index contributed by atoms with van der Waals surface area (Å²) in [7, 11) is 0. The zero-order valence-electron chi connectivity index (χ0n) is 8.18. The van der Waals surface area contributed by atoms with Gasteiger partial charge in [0.1, 0.15) is 0 Å². The third kappa shape index (κ3) is 7.12. The van der Waals surface area contributed by atoms with E-state index in [1.165, 1.54) is 0 Å². The molecule has 12 heavy (non-hydrogen) atoms. The highest BCUT2D eigenvalue weighted by Gasteiger charge is 2.00. The van der Waals surface area contributed by atoms with Crippen molar-refractivity contribution in [2.75, 3.05) is 6.61 Å². The molecule has 0 saturated heterocycles. The Morgan fingerprint density at radius 1 is 1.50 bits per heavy atom. The van der Waals surface area contributed by atoms with Crippen molar-refractivity contribution < 1.29 is 9.53 Å². The zero-order chi connectivity index (χ0) is 9.56. The van der Waals surface area contributed by atoms with Crippen LogP contribution in [0.4, 0.5) is 4.79 Å². The number of hydrogen-bond acceptors (Lipinski definition) is 2. The maximum Gasteiger partial charge on any atom is 0.411 e. The molecule has 3 heteroatoms. The van der Waals surface area contributed by atoms with Crippen molar-refractivity contribution in [1.82, 2.24) is 5.32 Å². The molecule has 0 fully saturated rings. The molecular formula is C9H17NO2. The topological polar surface area (TPSA) is 38.3 Å². The average Bonchev–Trinajstić information content (AvgIpc) is 1.96. The fraction of sp³-hybridized carbons (Fsp3) is 0.667. The molecule has 0 aliphatic heterocycles. The largest absolute Gasteiger partial charge is 0.449 e. The number of nitrogens with one attached hydrogen (secondary N) is 1. The van der Waals surface area contributed by atoms with E-state index in [2.05, 4.69) is 5.32 Å². The van der Waals surface area contributed by atoms with Gasteiger partial charge in [0, 0.05) is 6.20 Å². The second-order valence-corrected chi connectivity index (χ2v) is 3.36. The summed E-state index contributed by atoms with van der Waals surface area (Å²) in [4.78, 5) is 10.9. The summed E-state index contributed by atoms with van der Waals surface area (Å²) >= 11 is 0. The van der Waals surface area contributed by atoms with Crippen molar-refractivity contribution in [2.45, 2.75) is 27.7 Å². The van der Waals surface area contributed by atoms with E-state index in [4.69, 9.17) is 4.74 Å². The minimum absolute atomic E-state index is 0.377. The first kappa shape index (κ1) is 11.0. The van der Waals surface area contributed by atoms with Crippen molar-refractivity contribution in [1.29, 1.82) is 0 Å². The lowest BCUT2D eigenvalue weighted by molar-refractivity contribution is 0.136. The number of hydrogen-bond donors (Lipinski definition) is 1. The van der Waals surface area contributed by atoms with Gasteiger partial charge in [-0.15, -0.1) is 0 Å². The highest BCUT2D eigenvalue weighted by molar-refractivity contribution is 5.68. The fourth-order valence-electron chi connectivity index (χ4n) is 0.487. The number of amides is 1.